The Morgan fingerprint density at radius 2 is 0.952 bits per heavy atom. The summed E-state index contributed by atoms with van der Waals surface area (Å²) in [5.41, 5.74) is 20.3. The molecule has 1 fully saturated rings. The second-order valence-corrected chi connectivity index (χ2v) is 16.7. The Hall–Kier alpha value is -7.74. The third-order valence-corrected chi connectivity index (χ3v) is 13.1. The predicted octanol–water partition coefficient (Wildman–Crippen LogP) is 14.6. The van der Waals surface area contributed by atoms with Gasteiger partial charge in [0.25, 0.3) is 0 Å². The van der Waals surface area contributed by atoms with Gasteiger partial charge in [-0.05, 0) is 116 Å². The van der Waals surface area contributed by atoms with Crippen LogP contribution < -0.4 is 0 Å². The number of nitriles is 1. The minimum atomic E-state index is 0.0374. The number of aromatic nitrogens is 3. The molecule has 2 heterocycles. The molecule has 0 aliphatic heterocycles. The van der Waals surface area contributed by atoms with Gasteiger partial charge in [0.05, 0.1) is 23.0 Å². The van der Waals surface area contributed by atoms with Crippen molar-refractivity contribution >= 4 is 0 Å². The molecule has 62 heavy (non-hydrogen) atoms. The normalized spacial score (nSPS) is 13.6. The van der Waals surface area contributed by atoms with E-state index < -0.39 is 0 Å². The number of benzene rings is 7. The van der Waals surface area contributed by atoms with Crippen LogP contribution in [0.3, 0.4) is 0 Å². The molecule has 1 spiro atoms. The highest BCUT2D eigenvalue weighted by Gasteiger charge is 2.43. The van der Waals surface area contributed by atoms with Crippen molar-refractivity contribution in [2.24, 2.45) is 0 Å². The van der Waals surface area contributed by atoms with Crippen LogP contribution >= 0.6 is 0 Å². The second-order valence-electron chi connectivity index (χ2n) is 16.7. The average molecular weight is 795 g/mol. The van der Waals surface area contributed by atoms with Crippen LogP contribution in [-0.2, 0) is 5.41 Å². The van der Waals surface area contributed by atoms with Gasteiger partial charge in [-0.15, -0.1) is 0 Å². The molecule has 1 saturated carbocycles. The van der Waals surface area contributed by atoms with Crippen LogP contribution in [0.4, 0.5) is 0 Å². The minimum absolute atomic E-state index is 0.0374. The minimum Gasteiger partial charge on any atom is -0.264 e. The summed E-state index contributed by atoms with van der Waals surface area (Å²) in [6.45, 7) is 0. The lowest BCUT2D eigenvalue weighted by atomic mass is 9.67. The third-order valence-electron chi connectivity index (χ3n) is 13.1. The van der Waals surface area contributed by atoms with Crippen molar-refractivity contribution < 1.29 is 0 Å². The van der Waals surface area contributed by atoms with E-state index in [9.17, 15) is 5.26 Å². The van der Waals surface area contributed by atoms with Gasteiger partial charge in [-0.2, -0.15) is 5.26 Å². The molecule has 4 nitrogen and oxygen atoms in total. The summed E-state index contributed by atoms with van der Waals surface area (Å²) in [6, 6.07) is 67.1. The molecule has 2 aliphatic carbocycles. The van der Waals surface area contributed by atoms with Crippen LogP contribution in [-0.4, -0.2) is 15.0 Å². The van der Waals surface area contributed by atoms with Gasteiger partial charge in [0, 0.05) is 34.5 Å². The van der Waals surface area contributed by atoms with Crippen LogP contribution in [0.15, 0.2) is 194 Å². The van der Waals surface area contributed by atoms with Crippen LogP contribution in [0.25, 0.3) is 89.5 Å². The smallest absolute Gasteiger partial charge is 0.160 e. The summed E-state index contributed by atoms with van der Waals surface area (Å²) in [4.78, 5) is 14.4. The van der Waals surface area contributed by atoms with Gasteiger partial charge in [0.2, 0.25) is 0 Å². The molecule has 0 amide bonds. The van der Waals surface area contributed by atoms with Crippen LogP contribution in [0.2, 0.25) is 0 Å². The van der Waals surface area contributed by atoms with Crippen molar-refractivity contribution in [2.75, 3.05) is 0 Å². The van der Waals surface area contributed by atoms with Crippen molar-refractivity contribution in [3.05, 3.63) is 211 Å². The molecular weight excluding hydrogens is 753 g/mol. The Kier molecular flexibility index (Phi) is 9.44. The number of nitrogens with zero attached hydrogens (tertiary/aromatic N) is 4. The van der Waals surface area contributed by atoms with E-state index in [1.54, 1.807) is 6.20 Å². The van der Waals surface area contributed by atoms with Crippen LogP contribution in [0.1, 0.15) is 48.8 Å². The molecule has 0 saturated heterocycles. The summed E-state index contributed by atoms with van der Waals surface area (Å²) in [6.07, 6.45) is 9.77. The summed E-state index contributed by atoms with van der Waals surface area (Å²) in [7, 11) is 0. The first-order chi connectivity index (χ1) is 30.6. The zero-order chi connectivity index (χ0) is 41.5. The van der Waals surface area contributed by atoms with Crippen molar-refractivity contribution in [2.45, 2.75) is 37.5 Å². The summed E-state index contributed by atoms with van der Waals surface area (Å²) < 4.78 is 0. The molecule has 0 atom stereocenters. The van der Waals surface area contributed by atoms with Crippen LogP contribution in [0, 0.1) is 11.3 Å². The molecular formula is C58H42N4. The Labute approximate surface area is 362 Å². The van der Waals surface area contributed by atoms with E-state index in [4.69, 9.17) is 9.97 Å². The Bertz CT molecular complexity index is 3120. The van der Waals surface area contributed by atoms with Crippen molar-refractivity contribution in [3.63, 3.8) is 0 Å². The maximum Gasteiger partial charge on any atom is 0.160 e. The molecule has 294 valence electrons. The first-order valence-electron chi connectivity index (χ1n) is 21.6. The fourth-order valence-corrected chi connectivity index (χ4v) is 9.84. The van der Waals surface area contributed by atoms with Crippen molar-refractivity contribution in [1.82, 2.24) is 15.0 Å². The molecule has 2 aliphatic rings. The van der Waals surface area contributed by atoms with E-state index in [2.05, 4.69) is 163 Å². The van der Waals surface area contributed by atoms with E-state index in [1.807, 2.05) is 36.5 Å². The van der Waals surface area contributed by atoms with Crippen molar-refractivity contribution in [1.29, 1.82) is 5.26 Å². The Morgan fingerprint density at radius 3 is 1.58 bits per heavy atom. The number of rotatable bonds is 7. The summed E-state index contributed by atoms with van der Waals surface area (Å²) in [5, 5.41) is 9.70. The quantitative estimate of drug-likeness (QED) is 0.161. The fourth-order valence-electron chi connectivity index (χ4n) is 9.84. The van der Waals surface area contributed by atoms with E-state index in [-0.39, 0.29) is 5.41 Å². The van der Waals surface area contributed by atoms with Gasteiger partial charge in [-0.3, -0.25) is 4.98 Å². The molecule has 0 unspecified atom stereocenters. The maximum absolute atomic E-state index is 9.70. The number of fused-ring (bicyclic) bond motifs is 5. The Morgan fingerprint density at radius 1 is 0.403 bits per heavy atom. The first-order valence-corrected chi connectivity index (χ1v) is 21.6. The summed E-state index contributed by atoms with van der Waals surface area (Å²) >= 11 is 0. The molecule has 0 radical (unpaired) electrons. The highest BCUT2D eigenvalue weighted by molar-refractivity contribution is 5.86. The SMILES string of the molecule is N#Cc1ccc2c(c1)-c1ccc(-c3cccc(-c4ccc(-c5ccc(-c6cc(-c7ccc(-c8cccnc8)cc7)nc(-c7ccccc7)n6)cc5)cc4)c3)cc1C21CCCCC1. The lowest BCUT2D eigenvalue weighted by molar-refractivity contribution is 0.353. The van der Waals surface area contributed by atoms with Gasteiger partial charge in [0.1, 0.15) is 0 Å². The molecule has 0 bridgehead atoms. The van der Waals surface area contributed by atoms with E-state index >= 15 is 0 Å². The molecule has 9 aromatic rings. The second kappa shape index (κ2) is 15.7. The lowest BCUT2D eigenvalue weighted by Crippen LogP contribution is -2.28. The van der Waals surface area contributed by atoms with E-state index in [0.717, 1.165) is 68.7 Å². The van der Waals surface area contributed by atoms with Gasteiger partial charge in [-0.25, -0.2) is 9.97 Å². The number of pyridine rings is 1. The monoisotopic (exact) mass is 794 g/mol. The van der Waals surface area contributed by atoms with Gasteiger partial charge in [0.15, 0.2) is 5.82 Å². The zero-order valence-electron chi connectivity index (χ0n) is 34.3. The fraction of sp³-hybridized carbons (Fsp3) is 0.103. The maximum atomic E-state index is 9.70. The lowest BCUT2D eigenvalue weighted by Gasteiger charge is -2.36. The molecule has 2 aromatic heterocycles. The largest absolute Gasteiger partial charge is 0.264 e. The highest BCUT2D eigenvalue weighted by Crippen LogP contribution is 2.56. The predicted molar refractivity (Wildman–Crippen MR) is 252 cm³/mol. The molecule has 7 aromatic carbocycles. The van der Waals surface area contributed by atoms with Gasteiger partial charge >= 0.3 is 0 Å². The first kappa shape index (κ1) is 37.3. The molecule has 0 N–H and O–H groups in total. The zero-order valence-corrected chi connectivity index (χ0v) is 34.3. The molecule has 4 heteroatoms. The standard InChI is InChI=1S/C58H42N4/c59-37-39-14-29-53-52(33-39)51-28-27-49(35-54(51)58(53)30-5-2-6-31-58)48-12-7-11-47(34-48)42-17-15-40(16-18-42)41-19-23-44(24-20-41)55-36-56(62-57(61-55)46-9-3-1-4-10-46)45-25-21-43(22-26-45)50-13-8-32-60-38-50/h1,3-4,7-29,32-36,38H,2,5-6,30-31H2. The number of hydrogen-bond acceptors (Lipinski definition) is 4. The van der Waals surface area contributed by atoms with Gasteiger partial charge in [-0.1, -0.05) is 165 Å². The highest BCUT2D eigenvalue weighted by atomic mass is 14.9. The molecule has 11 rings (SSSR count). The van der Waals surface area contributed by atoms with Crippen molar-refractivity contribution in [3.8, 4) is 95.6 Å². The average Bonchev–Trinajstić information content (AvgIpc) is 3.61. The summed E-state index contributed by atoms with van der Waals surface area (Å²) in [5.74, 6) is 0.697. The van der Waals surface area contributed by atoms with Gasteiger partial charge < -0.3 is 0 Å². The third kappa shape index (κ3) is 6.79. The Balaban J connectivity index is 0.862. The van der Waals surface area contributed by atoms with E-state index in [1.165, 1.54) is 63.8 Å². The van der Waals surface area contributed by atoms with Crippen LogP contribution in [0.5, 0.6) is 0 Å². The number of hydrogen-bond donors (Lipinski definition) is 0. The van der Waals surface area contributed by atoms with E-state index in [0.29, 0.717) is 5.82 Å². The topological polar surface area (TPSA) is 62.5 Å².